The lowest BCUT2D eigenvalue weighted by Gasteiger charge is -2.12. The van der Waals surface area contributed by atoms with E-state index in [2.05, 4.69) is 10.7 Å². The van der Waals surface area contributed by atoms with Crippen LogP contribution in [-0.4, -0.2) is 5.91 Å². The molecule has 4 nitrogen and oxygen atoms in total. The van der Waals surface area contributed by atoms with Crippen LogP contribution in [0.3, 0.4) is 0 Å². The zero-order chi connectivity index (χ0) is 15.6. The van der Waals surface area contributed by atoms with Crippen LogP contribution in [-0.2, 0) is 0 Å². The molecule has 0 spiro atoms. The molecule has 0 aliphatic rings. The maximum absolute atomic E-state index is 12.3. The molecule has 0 aliphatic heterocycles. The minimum absolute atomic E-state index is 0.303. The quantitative estimate of drug-likeness (QED) is 0.567. The summed E-state index contributed by atoms with van der Waals surface area (Å²) in [6.07, 6.45) is 0. The standard InChI is InChI=1S/C14H12Cl3N3O/c1-7-4-11(17)13(6-10(7)16)19-14(21)9-5-8(15)2-3-12(9)20-18/h2-6,20H,18H2,1H3,(H,19,21). The molecule has 2 aromatic carbocycles. The van der Waals surface area contributed by atoms with Crippen molar-refractivity contribution in [3.8, 4) is 0 Å². The van der Waals surface area contributed by atoms with Crippen molar-refractivity contribution in [3.05, 3.63) is 56.5 Å². The summed E-state index contributed by atoms with van der Waals surface area (Å²) in [4.78, 5) is 12.3. The number of aryl methyl sites for hydroxylation is 1. The Morgan fingerprint density at radius 1 is 1.05 bits per heavy atom. The fourth-order valence-electron chi connectivity index (χ4n) is 1.76. The third-order valence-electron chi connectivity index (χ3n) is 2.88. The van der Waals surface area contributed by atoms with Crippen molar-refractivity contribution in [2.45, 2.75) is 6.92 Å². The maximum Gasteiger partial charge on any atom is 0.257 e. The fourth-order valence-corrected chi connectivity index (χ4v) is 2.36. The van der Waals surface area contributed by atoms with E-state index in [1.54, 1.807) is 24.3 Å². The van der Waals surface area contributed by atoms with Gasteiger partial charge >= 0.3 is 0 Å². The summed E-state index contributed by atoms with van der Waals surface area (Å²) in [5.41, 5.74) is 4.44. The number of anilines is 2. The molecule has 4 N–H and O–H groups in total. The Bertz CT molecular complexity index is 704. The van der Waals surface area contributed by atoms with E-state index in [1.165, 1.54) is 6.07 Å². The largest absolute Gasteiger partial charge is 0.323 e. The van der Waals surface area contributed by atoms with Crippen molar-refractivity contribution in [1.82, 2.24) is 0 Å². The summed E-state index contributed by atoms with van der Waals surface area (Å²) in [6.45, 7) is 1.83. The molecule has 0 saturated heterocycles. The van der Waals surface area contributed by atoms with Crippen LogP contribution in [0.15, 0.2) is 30.3 Å². The minimum atomic E-state index is -0.396. The number of nitrogen functional groups attached to an aromatic ring is 1. The summed E-state index contributed by atoms with van der Waals surface area (Å²) in [7, 11) is 0. The van der Waals surface area contributed by atoms with E-state index in [0.717, 1.165) is 5.56 Å². The molecule has 2 aromatic rings. The summed E-state index contributed by atoms with van der Waals surface area (Å²) in [6, 6.07) is 8.02. The SMILES string of the molecule is Cc1cc(Cl)c(NC(=O)c2cc(Cl)ccc2NN)cc1Cl. The smallest absolute Gasteiger partial charge is 0.257 e. The molecule has 0 fully saturated rings. The molecule has 0 heterocycles. The second kappa shape index (κ2) is 6.54. The van der Waals surface area contributed by atoms with Crippen LogP contribution >= 0.6 is 34.8 Å². The molecule has 0 radical (unpaired) electrons. The lowest BCUT2D eigenvalue weighted by molar-refractivity contribution is 0.102. The molecule has 21 heavy (non-hydrogen) atoms. The third kappa shape index (κ3) is 3.60. The number of hydrogen-bond donors (Lipinski definition) is 3. The maximum atomic E-state index is 12.3. The number of carbonyl (C=O) groups excluding carboxylic acids is 1. The van der Waals surface area contributed by atoms with E-state index in [4.69, 9.17) is 40.6 Å². The van der Waals surface area contributed by atoms with Crippen LogP contribution < -0.4 is 16.6 Å². The number of nitrogens with one attached hydrogen (secondary N) is 2. The van der Waals surface area contributed by atoms with Gasteiger partial charge in [0.05, 0.1) is 22.0 Å². The van der Waals surface area contributed by atoms with Gasteiger partial charge in [0, 0.05) is 10.0 Å². The van der Waals surface area contributed by atoms with E-state index in [-0.39, 0.29) is 0 Å². The highest BCUT2D eigenvalue weighted by molar-refractivity contribution is 6.36. The Hall–Kier alpha value is -1.46. The zero-order valence-corrected chi connectivity index (χ0v) is 13.3. The monoisotopic (exact) mass is 343 g/mol. The lowest BCUT2D eigenvalue weighted by atomic mass is 10.1. The molecule has 2 rings (SSSR count). The fraction of sp³-hybridized carbons (Fsp3) is 0.0714. The number of benzene rings is 2. The van der Waals surface area contributed by atoms with Gasteiger partial charge in [-0.3, -0.25) is 10.6 Å². The van der Waals surface area contributed by atoms with Crippen LogP contribution in [0.2, 0.25) is 15.1 Å². The van der Waals surface area contributed by atoms with Crippen LogP contribution in [0.1, 0.15) is 15.9 Å². The number of nitrogens with two attached hydrogens (primary N) is 1. The summed E-state index contributed by atoms with van der Waals surface area (Å²) < 4.78 is 0. The Morgan fingerprint density at radius 3 is 2.43 bits per heavy atom. The first-order chi connectivity index (χ1) is 9.92. The number of halogens is 3. The van der Waals surface area contributed by atoms with Crippen molar-refractivity contribution in [1.29, 1.82) is 0 Å². The lowest BCUT2D eigenvalue weighted by Crippen LogP contribution is -2.17. The first-order valence-corrected chi connectivity index (χ1v) is 7.09. The number of hydrogen-bond acceptors (Lipinski definition) is 3. The van der Waals surface area contributed by atoms with Gasteiger partial charge in [0.2, 0.25) is 0 Å². The zero-order valence-electron chi connectivity index (χ0n) is 11.0. The van der Waals surface area contributed by atoms with Crippen molar-refractivity contribution in [2.24, 2.45) is 5.84 Å². The van der Waals surface area contributed by atoms with Crippen LogP contribution in [0.4, 0.5) is 11.4 Å². The van der Waals surface area contributed by atoms with E-state index in [1.807, 2.05) is 6.92 Å². The number of carbonyl (C=O) groups is 1. The Kier molecular flexibility index (Phi) is 4.96. The van der Waals surface area contributed by atoms with Gasteiger partial charge in [0.1, 0.15) is 0 Å². The van der Waals surface area contributed by atoms with Gasteiger partial charge in [-0.1, -0.05) is 34.8 Å². The highest BCUT2D eigenvalue weighted by Gasteiger charge is 2.14. The van der Waals surface area contributed by atoms with Crippen molar-refractivity contribution < 1.29 is 4.79 Å². The molecule has 0 atom stereocenters. The summed E-state index contributed by atoms with van der Waals surface area (Å²) >= 11 is 18.0. The third-order valence-corrected chi connectivity index (χ3v) is 3.83. The molecular weight excluding hydrogens is 333 g/mol. The van der Waals surface area contributed by atoms with E-state index in [9.17, 15) is 4.79 Å². The van der Waals surface area contributed by atoms with E-state index >= 15 is 0 Å². The van der Waals surface area contributed by atoms with Gasteiger partial charge in [-0.25, -0.2) is 0 Å². The minimum Gasteiger partial charge on any atom is -0.323 e. The molecule has 0 bridgehead atoms. The van der Waals surface area contributed by atoms with Gasteiger partial charge in [-0.15, -0.1) is 0 Å². The molecule has 1 amide bonds. The predicted molar refractivity (Wildman–Crippen MR) is 88.4 cm³/mol. The summed E-state index contributed by atoms with van der Waals surface area (Å²) in [5, 5.41) is 4.02. The predicted octanol–water partition coefficient (Wildman–Crippen LogP) is 4.49. The number of amides is 1. The highest BCUT2D eigenvalue weighted by Crippen LogP contribution is 2.30. The molecular formula is C14H12Cl3N3O. The molecule has 110 valence electrons. The molecule has 0 unspecified atom stereocenters. The average molecular weight is 345 g/mol. The van der Waals surface area contributed by atoms with Gasteiger partial charge < -0.3 is 10.7 Å². The summed E-state index contributed by atoms with van der Waals surface area (Å²) in [5.74, 6) is 4.99. The highest BCUT2D eigenvalue weighted by atomic mass is 35.5. The number of rotatable bonds is 3. The van der Waals surface area contributed by atoms with Gasteiger partial charge in [-0.2, -0.15) is 0 Å². The molecule has 7 heteroatoms. The van der Waals surface area contributed by atoms with E-state index < -0.39 is 5.91 Å². The first kappa shape index (κ1) is 15.9. The Balaban J connectivity index is 2.34. The molecule has 0 saturated carbocycles. The topological polar surface area (TPSA) is 67.2 Å². The van der Waals surface area contributed by atoms with Crippen molar-refractivity contribution >= 4 is 52.1 Å². The molecule has 0 aliphatic carbocycles. The first-order valence-electron chi connectivity index (χ1n) is 5.95. The Labute approximate surface area is 137 Å². The van der Waals surface area contributed by atoms with Crippen LogP contribution in [0, 0.1) is 6.92 Å². The second-order valence-corrected chi connectivity index (χ2v) is 5.62. The van der Waals surface area contributed by atoms with Crippen LogP contribution in [0.25, 0.3) is 0 Å². The van der Waals surface area contributed by atoms with E-state index in [0.29, 0.717) is 32.0 Å². The van der Waals surface area contributed by atoms with Crippen molar-refractivity contribution in [2.75, 3.05) is 10.7 Å². The van der Waals surface area contributed by atoms with Gasteiger partial charge in [0.25, 0.3) is 5.91 Å². The molecule has 0 aromatic heterocycles. The second-order valence-electron chi connectivity index (χ2n) is 4.37. The van der Waals surface area contributed by atoms with Crippen LogP contribution in [0.5, 0.6) is 0 Å². The average Bonchev–Trinajstić information content (AvgIpc) is 2.44. The number of hydrazine groups is 1. The van der Waals surface area contributed by atoms with Gasteiger partial charge in [-0.05, 0) is 42.8 Å². The Morgan fingerprint density at radius 2 is 1.76 bits per heavy atom. The van der Waals surface area contributed by atoms with Gasteiger partial charge in [0.15, 0.2) is 0 Å². The van der Waals surface area contributed by atoms with Crippen molar-refractivity contribution in [3.63, 3.8) is 0 Å². The normalized spacial score (nSPS) is 10.3.